The van der Waals surface area contributed by atoms with E-state index < -0.39 is 11.9 Å². The van der Waals surface area contributed by atoms with E-state index in [1.165, 1.54) is 25.4 Å². The minimum absolute atomic E-state index is 0.124. The zero-order chi connectivity index (χ0) is 19.4. The number of nitrogens with zero attached hydrogens (tertiary/aromatic N) is 1. The highest BCUT2D eigenvalue weighted by Crippen LogP contribution is 2.31. The van der Waals surface area contributed by atoms with Gasteiger partial charge in [-0.2, -0.15) is 0 Å². The molecule has 0 atom stereocenters. The fourth-order valence-corrected chi connectivity index (χ4v) is 2.62. The first-order valence-electron chi connectivity index (χ1n) is 8.27. The van der Waals surface area contributed by atoms with Crippen LogP contribution in [-0.2, 0) is 9.47 Å². The number of esters is 2. The van der Waals surface area contributed by atoms with Gasteiger partial charge < -0.3 is 19.9 Å². The van der Waals surface area contributed by atoms with Crippen molar-refractivity contribution in [2.75, 3.05) is 19.0 Å². The molecule has 0 fully saturated rings. The summed E-state index contributed by atoms with van der Waals surface area (Å²) in [6, 6.07) is 11.3. The molecule has 0 spiro atoms. The normalized spacial score (nSPS) is 10.4. The quantitative estimate of drug-likeness (QED) is 0.525. The van der Waals surface area contributed by atoms with Crippen LogP contribution in [0.1, 0.15) is 27.6 Å². The molecule has 3 rings (SSSR count). The average Bonchev–Trinajstić information content (AvgIpc) is 2.69. The number of hydrogen-bond acceptors (Lipinski definition) is 7. The molecule has 1 aromatic heterocycles. The molecule has 7 heteroatoms. The van der Waals surface area contributed by atoms with Crippen LogP contribution in [0.5, 0.6) is 5.75 Å². The number of benzene rings is 2. The molecule has 0 unspecified atom stereocenters. The van der Waals surface area contributed by atoms with Crippen molar-refractivity contribution in [1.29, 1.82) is 0 Å². The molecule has 0 aliphatic rings. The van der Waals surface area contributed by atoms with E-state index in [2.05, 4.69) is 10.3 Å². The van der Waals surface area contributed by atoms with Crippen LogP contribution < -0.4 is 5.32 Å². The lowest BCUT2D eigenvalue weighted by Crippen LogP contribution is -2.10. The van der Waals surface area contributed by atoms with E-state index in [1.54, 1.807) is 37.3 Å². The van der Waals surface area contributed by atoms with Crippen LogP contribution in [0.4, 0.5) is 11.4 Å². The van der Waals surface area contributed by atoms with Gasteiger partial charge in [0.25, 0.3) is 0 Å². The molecule has 2 aromatic carbocycles. The highest BCUT2D eigenvalue weighted by molar-refractivity contribution is 6.07. The molecular formula is C20H18N2O5. The van der Waals surface area contributed by atoms with Crippen molar-refractivity contribution in [2.45, 2.75) is 6.92 Å². The SMILES string of the molecule is CCOC(=O)c1cnc2ccc(C(=O)OC)cc2c1Nc1ccc(O)cc1. The smallest absolute Gasteiger partial charge is 0.341 e. The molecule has 0 aliphatic heterocycles. The van der Waals surface area contributed by atoms with Crippen LogP contribution in [0.3, 0.4) is 0 Å². The number of carbonyl (C=O) groups is 2. The van der Waals surface area contributed by atoms with Crippen LogP contribution in [-0.4, -0.2) is 35.7 Å². The van der Waals surface area contributed by atoms with Crippen molar-refractivity contribution in [3.05, 3.63) is 59.8 Å². The fourth-order valence-electron chi connectivity index (χ4n) is 2.62. The third kappa shape index (κ3) is 3.82. The maximum absolute atomic E-state index is 12.4. The summed E-state index contributed by atoms with van der Waals surface area (Å²) in [5, 5.41) is 13.2. The van der Waals surface area contributed by atoms with E-state index in [0.29, 0.717) is 27.8 Å². The Hall–Kier alpha value is -3.61. The highest BCUT2D eigenvalue weighted by atomic mass is 16.5. The maximum atomic E-state index is 12.4. The average molecular weight is 366 g/mol. The highest BCUT2D eigenvalue weighted by Gasteiger charge is 2.18. The van der Waals surface area contributed by atoms with Crippen LogP contribution >= 0.6 is 0 Å². The number of fused-ring (bicyclic) bond motifs is 1. The predicted octanol–water partition coefficient (Wildman–Crippen LogP) is 3.65. The number of ether oxygens (including phenoxy) is 2. The Morgan fingerprint density at radius 2 is 1.85 bits per heavy atom. The van der Waals surface area contributed by atoms with Gasteiger partial charge in [0.2, 0.25) is 0 Å². The van der Waals surface area contributed by atoms with Gasteiger partial charge in [-0.25, -0.2) is 9.59 Å². The topological polar surface area (TPSA) is 97.8 Å². The number of phenolic OH excluding ortho intramolecular Hbond substituents is 1. The van der Waals surface area contributed by atoms with Crippen molar-refractivity contribution >= 4 is 34.2 Å². The van der Waals surface area contributed by atoms with Gasteiger partial charge in [0.15, 0.2) is 0 Å². The third-order valence-electron chi connectivity index (χ3n) is 3.92. The van der Waals surface area contributed by atoms with E-state index in [4.69, 9.17) is 9.47 Å². The molecule has 0 saturated carbocycles. The Bertz CT molecular complexity index is 999. The first-order chi connectivity index (χ1) is 13.0. The Morgan fingerprint density at radius 1 is 1.11 bits per heavy atom. The Labute approximate surface area is 155 Å². The number of aromatic nitrogens is 1. The molecule has 0 saturated heterocycles. The number of aromatic hydroxyl groups is 1. The number of rotatable bonds is 5. The van der Waals surface area contributed by atoms with E-state index >= 15 is 0 Å². The number of anilines is 2. The second kappa shape index (κ2) is 7.74. The van der Waals surface area contributed by atoms with E-state index in [0.717, 1.165) is 0 Å². The molecule has 27 heavy (non-hydrogen) atoms. The molecular weight excluding hydrogens is 348 g/mol. The monoisotopic (exact) mass is 366 g/mol. The van der Waals surface area contributed by atoms with E-state index in [1.807, 2.05) is 0 Å². The van der Waals surface area contributed by atoms with Crippen molar-refractivity contribution in [2.24, 2.45) is 0 Å². The van der Waals surface area contributed by atoms with Crippen LogP contribution in [0.25, 0.3) is 10.9 Å². The van der Waals surface area contributed by atoms with Gasteiger partial charge >= 0.3 is 11.9 Å². The van der Waals surface area contributed by atoms with E-state index in [-0.39, 0.29) is 17.9 Å². The minimum atomic E-state index is -0.531. The van der Waals surface area contributed by atoms with Gasteiger partial charge in [-0.05, 0) is 49.4 Å². The summed E-state index contributed by atoms with van der Waals surface area (Å²) in [4.78, 5) is 28.6. The summed E-state index contributed by atoms with van der Waals surface area (Å²) in [5.41, 5.74) is 2.27. The van der Waals surface area contributed by atoms with Gasteiger partial charge in [0.1, 0.15) is 11.3 Å². The van der Waals surface area contributed by atoms with Crippen LogP contribution in [0, 0.1) is 0 Å². The lowest BCUT2D eigenvalue weighted by Gasteiger charge is -2.15. The van der Waals surface area contributed by atoms with Crippen LogP contribution in [0.2, 0.25) is 0 Å². The minimum Gasteiger partial charge on any atom is -0.508 e. The number of hydrogen-bond donors (Lipinski definition) is 2. The first-order valence-corrected chi connectivity index (χ1v) is 8.27. The third-order valence-corrected chi connectivity index (χ3v) is 3.92. The molecule has 0 amide bonds. The number of pyridine rings is 1. The van der Waals surface area contributed by atoms with Gasteiger partial charge in [0.05, 0.1) is 30.5 Å². The molecule has 0 radical (unpaired) electrons. The van der Waals surface area contributed by atoms with Crippen molar-refractivity contribution < 1.29 is 24.2 Å². The van der Waals surface area contributed by atoms with Gasteiger partial charge in [0, 0.05) is 17.3 Å². The molecule has 3 aromatic rings. The summed E-state index contributed by atoms with van der Waals surface area (Å²) in [6.07, 6.45) is 1.43. The second-order valence-electron chi connectivity index (χ2n) is 5.66. The fraction of sp³-hybridized carbons (Fsp3) is 0.150. The molecule has 7 nitrogen and oxygen atoms in total. The van der Waals surface area contributed by atoms with Gasteiger partial charge in [-0.1, -0.05) is 0 Å². The Balaban J connectivity index is 2.19. The maximum Gasteiger partial charge on any atom is 0.341 e. The Morgan fingerprint density at radius 3 is 2.52 bits per heavy atom. The summed E-state index contributed by atoms with van der Waals surface area (Å²) < 4.78 is 9.90. The molecule has 2 N–H and O–H groups in total. The largest absolute Gasteiger partial charge is 0.508 e. The molecule has 0 aliphatic carbocycles. The molecule has 1 heterocycles. The number of phenols is 1. The number of methoxy groups -OCH3 is 1. The summed E-state index contributed by atoms with van der Waals surface area (Å²) in [6.45, 7) is 1.94. The summed E-state index contributed by atoms with van der Waals surface area (Å²) in [5.74, 6) is -0.899. The summed E-state index contributed by atoms with van der Waals surface area (Å²) >= 11 is 0. The zero-order valence-electron chi connectivity index (χ0n) is 14.9. The lowest BCUT2D eigenvalue weighted by atomic mass is 10.1. The standard InChI is InChI=1S/C20H18N2O5/c1-3-27-20(25)16-11-21-17-9-4-12(19(24)26-2)10-15(17)18(16)22-13-5-7-14(23)8-6-13/h4-11,23H,3H2,1-2H3,(H,21,22). The van der Waals surface area contributed by atoms with Crippen molar-refractivity contribution in [3.8, 4) is 5.75 Å². The number of carbonyl (C=O) groups excluding carboxylic acids is 2. The first kappa shape index (κ1) is 18.2. The van der Waals surface area contributed by atoms with E-state index in [9.17, 15) is 14.7 Å². The number of nitrogens with one attached hydrogen (secondary N) is 1. The predicted molar refractivity (Wildman–Crippen MR) is 100 cm³/mol. The van der Waals surface area contributed by atoms with Gasteiger partial charge in [-0.3, -0.25) is 4.98 Å². The van der Waals surface area contributed by atoms with Gasteiger partial charge in [-0.15, -0.1) is 0 Å². The van der Waals surface area contributed by atoms with Crippen LogP contribution in [0.15, 0.2) is 48.7 Å². The molecule has 0 bridgehead atoms. The van der Waals surface area contributed by atoms with Crippen molar-refractivity contribution in [3.63, 3.8) is 0 Å². The lowest BCUT2D eigenvalue weighted by molar-refractivity contribution is 0.0526. The van der Waals surface area contributed by atoms with Crippen molar-refractivity contribution in [1.82, 2.24) is 4.98 Å². The second-order valence-corrected chi connectivity index (χ2v) is 5.66. The zero-order valence-corrected chi connectivity index (χ0v) is 14.9. The molecule has 138 valence electrons. The Kier molecular flexibility index (Phi) is 5.21. The summed E-state index contributed by atoms with van der Waals surface area (Å²) in [7, 11) is 1.30.